The molecule has 7 heterocycles. The van der Waals surface area contributed by atoms with Crippen molar-refractivity contribution < 1.29 is 94.2 Å². The zero-order valence-corrected chi connectivity index (χ0v) is 78.2. The SMILES string of the molecule is CCCCCCCCCCCCCCCCCCOC[C@H](COP(=O)(O)OC[C@H]1O[C@@](C#N)(c2ccc3c(N)ncnn23)[C@H](O)[C@@H]1O)OCc1ccc(OC)c(Cl)c1.CCCCCCCCCCCCCCCCCCOC[C@H](COP(=O)(OC[C@H]1O[C@@](C#N)(c2ccc3c(N)ncnn23)[C@@H]2OC(C)(C)O[C@@H]21)Oc1ccccc1Cl)OCc1ccc(OC)c(Cl)c1. The maximum atomic E-state index is 14.8. The van der Waals surface area contributed by atoms with Gasteiger partial charge in [-0.05, 0) is 98.5 Å². The topological polar surface area (TPSA) is 393 Å². The summed E-state index contributed by atoms with van der Waals surface area (Å²) in [5.41, 5.74) is 11.0. The fourth-order valence-corrected chi connectivity index (χ4v) is 18.5. The molecule has 0 radical (unpaired) electrons. The molecular weight excluding hydrogens is 1720 g/mol. The number of phosphoric ester groups is 2. The molecule has 10 rings (SSSR count). The molecule has 3 aromatic carbocycles. The summed E-state index contributed by atoms with van der Waals surface area (Å²) in [6, 6.07) is 27.7. The Morgan fingerprint density at radius 3 is 1.36 bits per heavy atom. The van der Waals surface area contributed by atoms with E-state index in [4.69, 9.17) is 116 Å². The molecule has 4 aromatic heterocycles. The first-order valence-corrected chi connectivity index (χ1v) is 49.1. The van der Waals surface area contributed by atoms with Gasteiger partial charge in [0.2, 0.25) is 11.2 Å². The Morgan fingerprint density at radius 2 is 0.921 bits per heavy atom. The van der Waals surface area contributed by atoms with E-state index in [0.29, 0.717) is 51.5 Å². The summed E-state index contributed by atoms with van der Waals surface area (Å²) >= 11 is 19.2. The molecule has 3 aliphatic heterocycles. The van der Waals surface area contributed by atoms with Crippen molar-refractivity contribution in [2.24, 2.45) is 0 Å². The molecule has 126 heavy (non-hydrogen) atoms. The molecule has 0 bridgehead atoms. The lowest BCUT2D eigenvalue weighted by atomic mass is 9.92. The van der Waals surface area contributed by atoms with Gasteiger partial charge in [-0.25, -0.2) is 28.1 Å². The molecule has 7 N–H and O–H groups in total. The Bertz CT molecular complexity index is 4570. The third kappa shape index (κ3) is 31.4. The number of para-hydroxylation sites is 1. The highest BCUT2D eigenvalue weighted by molar-refractivity contribution is 7.49. The van der Waals surface area contributed by atoms with Crippen molar-refractivity contribution in [2.45, 2.75) is 312 Å². The summed E-state index contributed by atoms with van der Waals surface area (Å²) in [4.78, 5) is 18.6. The number of anilines is 2. The Hall–Kier alpha value is -6.39. The number of methoxy groups -OCH3 is 2. The molecule has 2 unspecified atom stereocenters. The summed E-state index contributed by atoms with van der Waals surface area (Å²) < 4.78 is 119. The minimum absolute atomic E-state index is 0.0673. The summed E-state index contributed by atoms with van der Waals surface area (Å²) in [7, 11) is -6.24. The van der Waals surface area contributed by atoms with Gasteiger partial charge in [-0.15, -0.1) is 0 Å². The molecular formula is C91H133Cl3N10O20P2. The van der Waals surface area contributed by atoms with E-state index in [9.17, 15) is 34.8 Å². The minimum Gasteiger partial charge on any atom is -0.495 e. The van der Waals surface area contributed by atoms with E-state index in [1.807, 2.05) is 12.1 Å². The van der Waals surface area contributed by atoms with Crippen molar-refractivity contribution in [1.29, 1.82) is 10.5 Å². The standard InChI is InChI=1S/C50H70Cl2N5O10P.C41H63ClN5O10P/c1-5-6-7-8-9-10-11-12-13-14-15-16-17-18-19-22-29-60-32-38(61-31-37-25-27-42(59-4)40(52)30-37)33-62-68(58,67-43-24-21-20-23-39(43)51)63-34-44-46-47(66-49(2,3)65-46)50(35-53,64-44)45-28-26-41-48(54)55-36-56-57(41)45;1-3-4-5-6-7-8-9-10-11-12-13-14-15-16-17-18-23-53-26-32(54-25-31-19-21-35(52-2)33(42)24-31)27-55-58(50,51)56-28-36-38(48)39(49)41(29-43,57-36)37-22-20-34-40(44)45-30-46-47(34)37/h20-21,23-28,30,36,38,44,46-47H,5-19,22,29,31-34H2,1-4H3,(H2,54,55,56);19-22,24,30,32,36,38-39,48-49H,3-18,23,25-28H2,1-2H3,(H,50,51)(H2,44,45,46)/t38-,44-,46-,47-,50+,68?;32-,36-,38-,39-,41+/m11/s1. The van der Waals surface area contributed by atoms with Crippen LogP contribution in [0.5, 0.6) is 17.2 Å². The van der Waals surface area contributed by atoms with Gasteiger partial charge in [0.15, 0.2) is 17.4 Å². The summed E-state index contributed by atoms with van der Waals surface area (Å²) in [5, 5.41) is 52.3. The first-order chi connectivity index (χ1) is 60.9. The smallest absolute Gasteiger partial charge is 0.495 e. The number of hydrogen-bond donors (Lipinski definition) is 5. The number of hydrogen-bond acceptors (Lipinski definition) is 27. The monoisotopic (exact) mass is 1850 g/mol. The Balaban J connectivity index is 0.000000289. The van der Waals surface area contributed by atoms with Gasteiger partial charge in [0.25, 0.3) is 0 Å². The average Bonchev–Trinajstić information content (AvgIpc) is 1.56. The van der Waals surface area contributed by atoms with Crippen molar-refractivity contribution >= 4 is 73.1 Å². The molecule has 7 aromatic rings. The zero-order chi connectivity index (χ0) is 90.2. The van der Waals surface area contributed by atoms with Crippen LogP contribution in [0.4, 0.5) is 11.6 Å². The van der Waals surface area contributed by atoms with Crippen LogP contribution in [0, 0.1) is 22.7 Å². The Morgan fingerprint density at radius 1 is 0.500 bits per heavy atom. The summed E-state index contributed by atoms with van der Waals surface area (Å²) in [6.45, 7) is 7.76. The predicted molar refractivity (Wildman–Crippen MR) is 482 cm³/mol. The van der Waals surface area contributed by atoms with Crippen molar-refractivity contribution in [3.05, 3.63) is 135 Å². The van der Waals surface area contributed by atoms with Gasteiger partial charge in [0.1, 0.15) is 102 Å². The number of aromatic nitrogens is 6. The Labute approximate surface area is 758 Å². The molecule has 3 saturated heterocycles. The average molecular weight is 1860 g/mol. The van der Waals surface area contributed by atoms with E-state index >= 15 is 0 Å². The van der Waals surface area contributed by atoms with E-state index in [2.05, 4.69) is 40.1 Å². The number of halogens is 3. The molecule has 3 aliphatic rings. The van der Waals surface area contributed by atoms with Crippen LogP contribution in [0.1, 0.15) is 256 Å². The normalized spacial score (nSPS) is 21.0. The largest absolute Gasteiger partial charge is 0.530 e. The summed E-state index contributed by atoms with van der Waals surface area (Å²) in [6.07, 6.45) is 34.3. The summed E-state index contributed by atoms with van der Waals surface area (Å²) in [5.74, 6) is 0.351. The second kappa shape index (κ2) is 53.8. The molecule has 3 fully saturated rings. The lowest BCUT2D eigenvalue weighted by molar-refractivity contribution is -0.204. The first kappa shape index (κ1) is 103. The van der Waals surface area contributed by atoms with E-state index in [-0.39, 0.29) is 67.7 Å². The molecule has 35 heteroatoms. The molecule has 12 atom stereocenters. The van der Waals surface area contributed by atoms with E-state index in [1.54, 1.807) is 87.7 Å². The van der Waals surface area contributed by atoms with Crippen LogP contribution >= 0.6 is 50.4 Å². The van der Waals surface area contributed by atoms with Crippen LogP contribution in [0.25, 0.3) is 11.0 Å². The second-order valence-electron chi connectivity index (χ2n) is 33.0. The van der Waals surface area contributed by atoms with Crippen LogP contribution in [0.2, 0.25) is 15.1 Å². The molecule has 0 spiro atoms. The lowest BCUT2D eigenvalue weighted by Crippen LogP contribution is -2.41. The van der Waals surface area contributed by atoms with Crippen molar-refractivity contribution in [1.82, 2.24) is 29.2 Å². The molecule has 30 nitrogen and oxygen atoms in total. The fourth-order valence-electron chi connectivity index (χ4n) is 15.7. The van der Waals surface area contributed by atoms with Gasteiger partial charge in [-0.1, -0.05) is 266 Å². The van der Waals surface area contributed by atoms with Crippen LogP contribution < -0.4 is 25.5 Å². The highest BCUT2D eigenvalue weighted by Gasteiger charge is 2.66. The molecule has 0 aliphatic carbocycles. The highest BCUT2D eigenvalue weighted by atomic mass is 35.5. The lowest BCUT2D eigenvalue weighted by Gasteiger charge is -2.29. The molecule has 0 saturated carbocycles. The maximum Gasteiger partial charge on any atom is 0.530 e. The van der Waals surface area contributed by atoms with E-state index in [0.717, 1.165) is 49.7 Å². The van der Waals surface area contributed by atoms with Crippen molar-refractivity contribution in [3.8, 4) is 29.4 Å². The van der Waals surface area contributed by atoms with Gasteiger partial charge < -0.3 is 78.5 Å². The van der Waals surface area contributed by atoms with Gasteiger partial charge in [0.05, 0.1) is 93.5 Å². The minimum atomic E-state index is -4.76. The number of nitriles is 2. The van der Waals surface area contributed by atoms with E-state index < -0.39 is 94.7 Å². The number of rotatable bonds is 62. The van der Waals surface area contributed by atoms with Crippen LogP contribution in [-0.4, -0.2) is 166 Å². The Kier molecular flexibility index (Phi) is 44.1. The zero-order valence-electron chi connectivity index (χ0n) is 74.1. The second-order valence-corrected chi connectivity index (χ2v) is 37.2. The van der Waals surface area contributed by atoms with Crippen molar-refractivity contribution in [3.63, 3.8) is 0 Å². The van der Waals surface area contributed by atoms with E-state index in [1.165, 1.54) is 208 Å². The molecule has 698 valence electrons. The number of benzene rings is 3. The van der Waals surface area contributed by atoms with Gasteiger partial charge in [0, 0.05) is 13.2 Å². The maximum absolute atomic E-state index is 14.8. The highest BCUT2D eigenvalue weighted by Crippen LogP contribution is 2.55. The predicted octanol–water partition coefficient (Wildman–Crippen LogP) is 20.2. The number of nitrogens with zero attached hydrogens (tertiary/aromatic N) is 8. The van der Waals surface area contributed by atoms with Gasteiger partial charge in [-0.3, -0.25) is 18.1 Å². The fraction of sp³-hybridized carbons (Fsp3) is 0.648. The number of ether oxygens (including phenoxy) is 10. The van der Waals surface area contributed by atoms with Crippen LogP contribution in [0.3, 0.4) is 0 Å². The third-order valence-electron chi connectivity index (χ3n) is 22.7. The number of nitrogens with two attached hydrogens (primary N) is 2. The third-order valence-corrected chi connectivity index (χ3v) is 25.9. The van der Waals surface area contributed by atoms with Crippen LogP contribution in [0.15, 0.2) is 97.6 Å². The number of aliphatic hydroxyl groups excluding tert-OH is 2. The van der Waals surface area contributed by atoms with Crippen LogP contribution in [-0.2, 0) is 89.5 Å². The number of phosphoric acid groups is 2. The number of nitrogen functional groups attached to an aromatic ring is 2. The quantitative estimate of drug-likeness (QED) is 0.0175. The van der Waals surface area contributed by atoms with Crippen molar-refractivity contribution in [2.75, 3.05) is 78.5 Å². The first-order valence-electron chi connectivity index (χ1n) is 45.0. The molecule has 0 amide bonds. The number of fused-ring (bicyclic) bond motifs is 3. The number of aliphatic hydroxyl groups is 2. The van der Waals surface area contributed by atoms with Gasteiger partial charge in [-0.2, -0.15) is 20.7 Å². The number of unbranched alkanes of at least 4 members (excludes halogenated alkanes) is 30. The van der Waals surface area contributed by atoms with Gasteiger partial charge >= 0.3 is 15.6 Å².